The second-order valence-electron chi connectivity index (χ2n) is 4.90. The van der Waals surface area contributed by atoms with E-state index < -0.39 is 0 Å². The first-order valence-corrected chi connectivity index (χ1v) is 6.36. The molecule has 3 N–H and O–H groups in total. The molecule has 1 aliphatic heterocycles. The summed E-state index contributed by atoms with van der Waals surface area (Å²) >= 11 is 4.82. The summed E-state index contributed by atoms with van der Waals surface area (Å²) in [6.45, 7) is 3.40. The van der Waals surface area contributed by atoms with Crippen molar-refractivity contribution in [2.75, 3.05) is 18.5 Å². The second-order valence-corrected chi connectivity index (χ2v) is 5.34. The van der Waals surface area contributed by atoms with Crippen LogP contribution in [0.25, 0.3) is 0 Å². The standard InChI is InChI=1S/C13H17FN2OS/c1-13(5-2-6-17-8-13)16-11-4-3-9(12(15)18)7-10(11)14/h3-4,7,16H,2,5-6,8H2,1H3,(H2,15,18). The summed E-state index contributed by atoms with van der Waals surface area (Å²) in [7, 11) is 0. The molecule has 0 radical (unpaired) electrons. The van der Waals surface area contributed by atoms with Crippen LogP contribution in [0, 0.1) is 5.82 Å². The van der Waals surface area contributed by atoms with Crippen LogP contribution >= 0.6 is 12.2 Å². The zero-order chi connectivity index (χ0) is 13.2. The molecule has 1 unspecified atom stereocenters. The molecule has 0 saturated carbocycles. The first kappa shape index (κ1) is 13.2. The van der Waals surface area contributed by atoms with Gasteiger partial charge in [0.25, 0.3) is 0 Å². The Kier molecular flexibility index (Phi) is 3.82. The van der Waals surface area contributed by atoms with E-state index in [2.05, 4.69) is 5.32 Å². The topological polar surface area (TPSA) is 47.3 Å². The van der Waals surface area contributed by atoms with Crippen LogP contribution in [0.1, 0.15) is 25.3 Å². The number of ether oxygens (including phenoxy) is 1. The maximum atomic E-state index is 13.9. The third-order valence-corrected chi connectivity index (χ3v) is 3.36. The molecule has 1 aromatic rings. The molecule has 1 saturated heterocycles. The van der Waals surface area contributed by atoms with Crippen LogP contribution in [0.15, 0.2) is 18.2 Å². The van der Waals surface area contributed by atoms with Gasteiger partial charge in [0.1, 0.15) is 10.8 Å². The Bertz CT molecular complexity index is 458. The monoisotopic (exact) mass is 268 g/mol. The van der Waals surface area contributed by atoms with E-state index in [1.54, 1.807) is 12.1 Å². The van der Waals surface area contributed by atoms with Crippen LogP contribution in [0.3, 0.4) is 0 Å². The molecule has 1 aromatic carbocycles. The molecule has 5 heteroatoms. The summed E-state index contributed by atoms with van der Waals surface area (Å²) in [5.41, 5.74) is 6.25. The number of hydrogen-bond acceptors (Lipinski definition) is 3. The Morgan fingerprint density at radius 2 is 2.33 bits per heavy atom. The first-order valence-electron chi connectivity index (χ1n) is 5.95. The van der Waals surface area contributed by atoms with Crippen LogP contribution in [0.5, 0.6) is 0 Å². The van der Waals surface area contributed by atoms with Gasteiger partial charge in [0.15, 0.2) is 0 Å². The molecule has 0 spiro atoms. The zero-order valence-electron chi connectivity index (χ0n) is 10.3. The molecule has 2 rings (SSSR count). The van der Waals surface area contributed by atoms with E-state index in [1.165, 1.54) is 6.07 Å². The van der Waals surface area contributed by atoms with Crippen molar-refractivity contribution in [3.63, 3.8) is 0 Å². The average Bonchev–Trinajstić information content (AvgIpc) is 2.32. The van der Waals surface area contributed by atoms with E-state index in [9.17, 15) is 4.39 Å². The Balaban J connectivity index is 2.16. The fourth-order valence-electron chi connectivity index (χ4n) is 2.13. The highest BCUT2D eigenvalue weighted by Gasteiger charge is 2.28. The fraction of sp³-hybridized carbons (Fsp3) is 0.462. The summed E-state index contributed by atoms with van der Waals surface area (Å²) in [5.74, 6) is -0.341. The van der Waals surface area contributed by atoms with Gasteiger partial charge >= 0.3 is 0 Å². The molecule has 1 aliphatic rings. The van der Waals surface area contributed by atoms with E-state index in [0.29, 0.717) is 17.9 Å². The van der Waals surface area contributed by atoms with Crippen LogP contribution in [0.4, 0.5) is 10.1 Å². The average molecular weight is 268 g/mol. The first-order chi connectivity index (χ1) is 8.50. The van der Waals surface area contributed by atoms with Gasteiger partial charge < -0.3 is 15.8 Å². The molecular formula is C13H17FN2OS. The number of halogens is 1. The predicted molar refractivity (Wildman–Crippen MR) is 74.4 cm³/mol. The molecule has 1 heterocycles. The number of benzene rings is 1. The van der Waals surface area contributed by atoms with Gasteiger partial charge in [-0.3, -0.25) is 0 Å². The van der Waals surface area contributed by atoms with Crippen LogP contribution in [-0.2, 0) is 4.74 Å². The second kappa shape index (κ2) is 5.20. The maximum Gasteiger partial charge on any atom is 0.147 e. The van der Waals surface area contributed by atoms with Crippen molar-refractivity contribution in [1.82, 2.24) is 0 Å². The van der Waals surface area contributed by atoms with E-state index in [0.717, 1.165) is 19.4 Å². The third-order valence-electron chi connectivity index (χ3n) is 3.13. The van der Waals surface area contributed by atoms with Gasteiger partial charge in [-0.25, -0.2) is 4.39 Å². The van der Waals surface area contributed by atoms with E-state index in [-0.39, 0.29) is 16.3 Å². The number of nitrogens with one attached hydrogen (secondary N) is 1. The summed E-state index contributed by atoms with van der Waals surface area (Å²) in [6, 6.07) is 4.75. The quantitative estimate of drug-likeness (QED) is 0.827. The minimum Gasteiger partial charge on any atom is -0.389 e. The van der Waals surface area contributed by atoms with Gasteiger partial charge in [0.2, 0.25) is 0 Å². The van der Waals surface area contributed by atoms with Gasteiger partial charge in [0.05, 0.1) is 17.8 Å². The van der Waals surface area contributed by atoms with Crippen molar-refractivity contribution in [2.24, 2.45) is 5.73 Å². The Morgan fingerprint density at radius 1 is 1.56 bits per heavy atom. The highest BCUT2D eigenvalue weighted by molar-refractivity contribution is 7.80. The van der Waals surface area contributed by atoms with Gasteiger partial charge in [-0.2, -0.15) is 0 Å². The van der Waals surface area contributed by atoms with Crippen molar-refractivity contribution in [3.05, 3.63) is 29.6 Å². The molecular weight excluding hydrogens is 251 g/mol. The van der Waals surface area contributed by atoms with Crippen molar-refractivity contribution in [3.8, 4) is 0 Å². The molecule has 0 bridgehead atoms. The minimum atomic E-state index is -0.341. The third kappa shape index (κ3) is 2.97. The largest absolute Gasteiger partial charge is 0.389 e. The SMILES string of the molecule is CC1(Nc2ccc(C(N)=S)cc2F)CCCOC1. The number of anilines is 1. The lowest BCUT2D eigenvalue weighted by Crippen LogP contribution is -2.43. The number of nitrogens with two attached hydrogens (primary N) is 1. The molecule has 0 aliphatic carbocycles. The molecule has 1 atom stereocenters. The maximum absolute atomic E-state index is 13.9. The van der Waals surface area contributed by atoms with E-state index >= 15 is 0 Å². The lowest BCUT2D eigenvalue weighted by molar-refractivity contribution is 0.0539. The molecule has 3 nitrogen and oxygen atoms in total. The summed E-state index contributed by atoms with van der Waals surface area (Å²) in [6.07, 6.45) is 1.94. The van der Waals surface area contributed by atoms with Crippen molar-refractivity contribution in [1.29, 1.82) is 0 Å². The lowest BCUT2D eigenvalue weighted by atomic mass is 9.94. The van der Waals surface area contributed by atoms with Crippen LogP contribution < -0.4 is 11.1 Å². The van der Waals surface area contributed by atoms with Crippen molar-refractivity contribution < 1.29 is 9.13 Å². The zero-order valence-corrected chi connectivity index (χ0v) is 11.1. The predicted octanol–water partition coefficient (Wildman–Crippen LogP) is 2.44. The Morgan fingerprint density at radius 3 is 2.89 bits per heavy atom. The summed E-state index contributed by atoms with van der Waals surface area (Å²) < 4.78 is 19.4. The Hall–Kier alpha value is -1.20. The van der Waals surface area contributed by atoms with Gasteiger partial charge in [-0.15, -0.1) is 0 Å². The number of thiocarbonyl (C=S) groups is 1. The normalized spacial score (nSPS) is 23.7. The van der Waals surface area contributed by atoms with Gasteiger partial charge in [-0.05, 0) is 38.0 Å². The smallest absolute Gasteiger partial charge is 0.147 e. The summed E-state index contributed by atoms with van der Waals surface area (Å²) in [4.78, 5) is 0.202. The van der Waals surface area contributed by atoms with Crippen molar-refractivity contribution >= 4 is 22.9 Å². The minimum absolute atomic E-state index is 0.202. The van der Waals surface area contributed by atoms with E-state index in [4.69, 9.17) is 22.7 Å². The molecule has 0 aromatic heterocycles. The highest BCUT2D eigenvalue weighted by Crippen LogP contribution is 2.26. The lowest BCUT2D eigenvalue weighted by Gasteiger charge is -2.35. The van der Waals surface area contributed by atoms with Gasteiger partial charge in [0, 0.05) is 12.2 Å². The molecule has 98 valence electrons. The van der Waals surface area contributed by atoms with Crippen LogP contribution in [-0.4, -0.2) is 23.7 Å². The molecule has 1 fully saturated rings. The number of hydrogen-bond donors (Lipinski definition) is 2. The Labute approximate surface area is 112 Å². The highest BCUT2D eigenvalue weighted by atomic mass is 32.1. The summed E-state index contributed by atoms with van der Waals surface area (Å²) in [5, 5.41) is 3.21. The number of rotatable bonds is 3. The van der Waals surface area contributed by atoms with Crippen LogP contribution in [0.2, 0.25) is 0 Å². The fourth-order valence-corrected chi connectivity index (χ4v) is 2.25. The molecule has 18 heavy (non-hydrogen) atoms. The van der Waals surface area contributed by atoms with Crippen molar-refractivity contribution in [2.45, 2.75) is 25.3 Å². The molecule has 0 amide bonds. The van der Waals surface area contributed by atoms with Gasteiger partial charge in [-0.1, -0.05) is 12.2 Å². The van der Waals surface area contributed by atoms with E-state index in [1.807, 2.05) is 6.92 Å².